The Morgan fingerprint density at radius 2 is 2.44 bits per heavy atom. The maximum atomic E-state index is 12.1. The van der Waals surface area contributed by atoms with Crippen molar-refractivity contribution in [1.29, 1.82) is 0 Å². The third-order valence-corrected chi connectivity index (χ3v) is 3.44. The second-order valence-electron chi connectivity index (χ2n) is 4.76. The predicted octanol–water partition coefficient (Wildman–Crippen LogP) is 0.805. The van der Waals surface area contributed by atoms with Crippen LogP contribution >= 0.6 is 0 Å². The number of aryl methyl sites for hydroxylation is 2. The second-order valence-corrected chi connectivity index (χ2v) is 4.76. The molecule has 18 heavy (non-hydrogen) atoms. The molecule has 1 aliphatic rings. The highest BCUT2D eigenvalue weighted by Gasteiger charge is 2.18. The van der Waals surface area contributed by atoms with Gasteiger partial charge in [-0.25, -0.2) is 0 Å². The van der Waals surface area contributed by atoms with E-state index >= 15 is 0 Å². The van der Waals surface area contributed by atoms with E-state index in [4.69, 9.17) is 0 Å². The van der Waals surface area contributed by atoms with Crippen molar-refractivity contribution in [3.05, 3.63) is 17.5 Å². The van der Waals surface area contributed by atoms with Crippen LogP contribution in [0.25, 0.3) is 0 Å². The van der Waals surface area contributed by atoms with Gasteiger partial charge in [0.15, 0.2) is 0 Å². The summed E-state index contributed by atoms with van der Waals surface area (Å²) in [5, 5.41) is 10.7. The summed E-state index contributed by atoms with van der Waals surface area (Å²) in [5.41, 5.74) is 1.66. The molecule has 1 fully saturated rings. The third kappa shape index (κ3) is 2.90. The van der Waals surface area contributed by atoms with Gasteiger partial charge in [-0.2, -0.15) is 5.10 Å². The van der Waals surface area contributed by atoms with Crippen molar-refractivity contribution in [2.45, 2.75) is 33.2 Å². The van der Waals surface area contributed by atoms with Crippen molar-refractivity contribution in [2.24, 2.45) is 5.92 Å². The van der Waals surface area contributed by atoms with Gasteiger partial charge in [0.2, 0.25) is 0 Å². The molecule has 0 aromatic carbocycles. The molecule has 2 rings (SSSR count). The maximum Gasteiger partial charge on any atom is 0.269 e. The summed E-state index contributed by atoms with van der Waals surface area (Å²) >= 11 is 0. The highest BCUT2D eigenvalue weighted by Crippen LogP contribution is 2.08. The number of hydrogen-bond acceptors (Lipinski definition) is 3. The Labute approximate surface area is 108 Å². The van der Waals surface area contributed by atoms with Crippen molar-refractivity contribution in [3.8, 4) is 0 Å². The zero-order valence-corrected chi connectivity index (χ0v) is 11.2. The minimum atomic E-state index is -0.00375. The van der Waals surface area contributed by atoms with Gasteiger partial charge in [0.05, 0.1) is 5.69 Å². The van der Waals surface area contributed by atoms with E-state index in [2.05, 4.69) is 15.7 Å². The summed E-state index contributed by atoms with van der Waals surface area (Å²) < 4.78 is 1.78. The van der Waals surface area contributed by atoms with Crippen LogP contribution in [0.5, 0.6) is 0 Å². The molecular weight excluding hydrogens is 228 g/mol. The van der Waals surface area contributed by atoms with Gasteiger partial charge < -0.3 is 10.6 Å². The number of carbonyl (C=O) groups excluding carboxylic acids is 1. The molecule has 1 aliphatic heterocycles. The standard InChI is InChI=1S/C13H22N4O/c1-3-11-7-12(17(4-2)16-11)13(18)15-9-10-5-6-14-8-10/h7,10,14H,3-6,8-9H2,1-2H3,(H,15,18). The Balaban J connectivity index is 1.96. The number of carbonyl (C=O) groups is 1. The molecule has 0 radical (unpaired) electrons. The predicted molar refractivity (Wildman–Crippen MR) is 70.6 cm³/mol. The number of hydrogen-bond donors (Lipinski definition) is 2. The first-order valence-electron chi connectivity index (χ1n) is 6.80. The molecule has 100 valence electrons. The highest BCUT2D eigenvalue weighted by molar-refractivity contribution is 5.92. The SMILES string of the molecule is CCc1cc(C(=O)NCC2CCNC2)n(CC)n1. The molecule has 1 aromatic heterocycles. The molecule has 5 heteroatoms. The van der Waals surface area contributed by atoms with Gasteiger partial charge in [0, 0.05) is 13.1 Å². The molecule has 0 bridgehead atoms. The average Bonchev–Trinajstić information content (AvgIpc) is 3.04. The zero-order chi connectivity index (χ0) is 13.0. The van der Waals surface area contributed by atoms with Crippen molar-refractivity contribution in [2.75, 3.05) is 19.6 Å². The van der Waals surface area contributed by atoms with Gasteiger partial charge in [-0.15, -0.1) is 0 Å². The second kappa shape index (κ2) is 6.00. The molecule has 1 atom stereocenters. The molecule has 1 aromatic rings. The molecule has 0 saturated carbocycles. The third-order valence-electron chi connectivity index (χ3n) is 3.44. The Kier molecular flexibility index (Phi) is 4.36. The van der Waals surface area contributed by atoms with Crippen molar-refractivity contribution in [3.63, 3.8) is 0 Å². The monoisotopic (exact) mass is 250 g/mol. The molecule has 0 aliphatic carbocycles. The van der Waals surface area contributed by atoms with E-state index in [1.54, 1.807) is 4.68 Å². The number of rotatable bonds is 5. The van der Waals surface area contributed by atoms with Crippen LogP contribution in [0.15, 0.2) is 6.07 Å². The van der Waals surface area contributed by atoms with Crippen LogP contribution < -0.4 is 10.6 Å². The molecule has 1 unspecified atom stereocenters. The summed E-state index contributed by atoms with van der Waals surface area (Å²) in [4.78, 5) is 12.1. The van der Waals surface area contributed by atoms with Crippen molar-refractivity contribution < 1.29 is 4.79 Å². The van der Waals surface area contributed by atoms with Crippen LogP contribution in [-0.4, -0.2) is 35.3 Å². The lowest BCUT2D eigenvalue weighted by Gasteiger charge is -2.10. The van der Waals surface area contributed by atoms with Gasteiger partial charge in [-0.1, -0.05) is 6.92 Å². The summed E-state index contributed by atoms with van der Waals surface area (Å²) in [6, 6.07) is 1.89. The summed E-state index contributed by atoms with van der Waals surface area (Å²) in [7, 11) is 0. The van der Waals surface area contributed by atoms with Gasteiger partial charge >= 0.3 is 0 Å². The first-order chi connectivity index (χ1) is 8.74. The van der Waals surface area contributed by atoms with Crippen LogP contribution in [-0.2, 0) is 13.0 Å². The van der Waals surface area contributed by atoms with Crippen molar-refractivity contribution in [1.82, 2.24) is 20.4 Å². The number of amides is 1. The van der Waals surface area contributed by atoms with E-state index in [0.29, 0.717) is 11.6 Å². The lowest BCUT2D eigenvalue weighted by atomic mass is 10.1. The quantitative estimate of drug-likeness (QED) is 0.813. The number of nitrogens with zero attached hydrogens (tertiary/aromatic N) is 2. The first kappa shape index (κ1) is 13.1. The maximum absolute atomic E-state index is 12.1. The highest BCUT2D eigenvalue weighted by atomic mass is 16.2. The molecule has 2 heterocycles. The largest absolute Gasteiger partial charge is 0.350 e. The van der Waals surface area contributed by atoms with Crippen LogP contribution in [0, 0.1) is 5.92 Å². The Hall–Kier alpha value is -1.36. The van der Waals surface area contributed by atoms with Gasteiger partial charge in [0.25, 0.3) is 5.91 Å². The van der Waals surface area contributed by atoms with Crippen LogP contribution in [0.1, 0.15) is 36.5 Å². The first-order valence-corrected chi connectivity index (χ1v) is 6.80. The van der Waals surface area contributed by atoms with Crippen LogP contribution in [0.3, 0.4) is 0 Å². The van der Waals surface area contributed by atoms with E-state index in [0.717, 1.165) is 44.7 Å². The fourth-order valence-corrected chi connectivity index (χ4v) is 2.28. The average molecular weight is 250 g/mol. The fourth-order valence-electron chi connectivity index (χ4n) is 2.28. The lowest BCUT2D eigenvalue weighted by molar-refractivity contribution is 0.0937. The Morgan fingerprint density at radius 3 is 3.06 bits per heavy atom. The molecular formula is C13H22N4O. The minimum absolute atomic E-state index is 0.00375. The smallest absolute Gasteiger partial charge is 0.269 e. The molecule has 0 spiro atoms. The lowest BCUT2D eigenvalue weighted by Crippen LogP contribution is -2.31. The Bertz CT molecular complexity index is 407. The van der Waals surface area contributed by atoms with Gasteiger partial charge in [-0.05, 0) is 44.8 Å². The number of aromatic nitrogens is 2. The molecule has 5 nitrogen and oxygen atoms in total. The zero-order valence-electron chi connectivity index (χ0n) is 11.2. The minimum Gasteiger partial charge on any atom is -0.350 e. The molecule has 2 N–H and O–H groups in total. The summed E-state index contributed by atoms with van der Waals surface area (Å²) in [6.45, 7) is 7.61. The Morgan fingerprint density at radius 1 is 1.61 bits per heavy atom. The van der Waals surface area contributed by atoms with Crippen LogP contribution in [0.4, 0.5) is 0 Å². The topological polar surface area (TPSA) is 59.0 Å². The van der Waals surface area contributed by atoms with E-state index in [9.17, 15) is 4.79 Å². The summed E-state index contributed by atoms with van der Waals surface area (Å²) in [5.74, 6) is 0.563. The van der Waals surface area contributed by atoms with Crippen LogP contribution in [0.2, 0.25) is 0 Å². The van der Waals surface area contributed by atoms with Gasteiger partial charge in [0.1, 0.15) is 5.69 Å². The summed E-state index contributed by atoms with van der Waals surface area (Å²) in [6.07, 6.45) is 2.01. The van der Waals surface area contributed by atoms with E-state index in [1.165, 1.54) is 0 Å². The molecule has 1 saturated heterocycles. The number of nitrogens with one attached hydrogen (secondary N) is 2. The molecule has 1 amide bonds. The van der Waals surface area contributed by atoms with Gasteiger partial charge in [-0.3, -0.25) is 9.48 Å². The normalized spacial score (nSPS) is 19.1. The van der Waals surface area contributed by atoms with E-state index in [-0.39, 0.29) is 5.91 Å². The van der Waals surface area contributed by atoms with E-state index in [1.807, 2.05) is 19.9 Å². The van der Waals surface area contributed by atoms with E-state index < -0.39 is 0 Å². The fraction of sp³-hybridized carbons (Fsp3) is 0.692. The van der Waals surface area contributed by atoms with Crippen molar-refractivity contribution >= 4 is 5.91 Å².